The number of carbonyl (C=O) groups excluding carboxylic acids is 2. The molecule has 6 nitrogen and oxygen atoms in total. The quantitative estimate of drug-likeness (QED) is 0.530. The number of rotatable bonds is 1. The smallest absolute Gasteiger partial charge is 0.164 e. The van der Waals surface area contributed by atoms with Crippen LogP contribution in [0.5, 0.6) is 0 Å². The lowest BCUT2D eigenvalue weighted by Crippen LogP contribution is -2.61. The highest BCUT2D eigenvalue weighted by Crippen LogP contribution is 2.67. The van der Waals surface area contributed by atoms with Crippen LogP contribution in [0.1, 0.15) is 113 Å². The Labute approximate surface area is 217 Å². The van der Waals surface area contributed by atoms with E-state index in [4.69, 9.17) is 14.2 Å². The van der Waals surface area contributed by atoms with Crippen molar-refractivity contribution in [2.24, 2.45) is 22.2 Å². The minimum Gasteiger partial charge on any atom is -0.390 e. The van der Waals surface area contributed by atoms with Crippen LogP contribution in [0.2, 0.25) is 0 Å². The van der Waals surface area contributed by atoms with Crippen molar-refractivity contribution in [2.75, 3.05) is 0 Å². The summed E-state index contributed by atoms with van der Waals surface area (Å²) in [5.74, 6) is 0.554. The number of Topliss-reactive ketones (excluding diaryl/α,β-unsaturated/α-hetero) is 2. The summed E-state index contributed by atoms with van der Waals surface area (Å²) in [6, 6.07) is 0. The van der Waals surface area contributed by atoms with Gasteiger partial charge in [0.1, 0.15) is 11.2 Å². The molecule has 5 rings (SSSR count). The maximum atomic E-state index is 12.9. The van der Waals surface area contributed by atoms with Gasteiger partial charge in [-0.25, -0.2) is 0 Å². The molecule has 3 aliphatic heterocycles. The van der Waals surface area contributed by atoms with E-state index in [9.17, 15) is 14.7 Å². The second-order valence-electron chi connectivity index (χ2n) is 14.5. The summed E-state index contributed by atoms with van der Waals surface area (Å²) in [5, 5.41) is 11.8. The van der Waals surface area contributed by atoms with Gasteiger partial charge in [-0.2, -0.15) is 0 Å². The molecule has 5 aliphatic rings. The van der Waals surface area contributed by atoms with E-state index >= 15 is 0 Å². The number of carbonyl (C=O) groups is 2. The van der Waals surface area contributed by atoms with E-state index < -0.39 is 22.9 Å². The molecule has 36 heavy (non-hydrogen) atoms. The highest BCUT2D eigenvalue weighted by atomic mass is 16.6. The van der Waals surface area contributed by atoms with Gasteiger partial charge in [0.25, 0.3) is 0 Å². The Balaban J connectivity index is 1.51. The first-order chi connectivity index (χ1) is 16.5. The minimum atomic E-state index is -0.796. The van der Waals surface area contributed by atoms with Crippen LogP contribution < -0.4 is 0 Å². The van der Waals surface area contributed by atoms with E-state index in [1.165, 1.54) is 0 Å². The fourth-order valence-electron chi connectivity index (χ4n) is 9.06. The Kier molecular flexibility index (Phi) is 6.02. The fourth-order valence-corrected chi connectivity index (χ4v) is 9.06. The molecule has 9 atom stereocenters. The van der Waals surface area contributed by atoms with Crippen LogP contribution >= 0.6 is 0 Å². The molecule has 3 heterocycles. The van der Waals surface area contributed by atoms with Crippen LogP contribution in [0.4, 0.5) is 0 Å². The molecule has 3 saturated heterocycles. The molecule has 2 saturated carbocycles. The van der Waals surface area contributed by atoms with Crippen LogP contribution in [0, 0.1) is 22.2 Å². The molecule has 1 spiro atoms. The van der Waals surface area contributed by atoms with Gasteiger partial charge < -0.3 is 19.3 Å². The number of aliphatic hydroxyl groups excluding tert-OH is 1. The second kappa shape index (κ2) is 8.09. The van der Waals surface area contributed by atoms with E-state index in [2.05, 4.69) is 27.7 Å². The van der Waals surface area contributed by atoms with Crippen LogP contribution in [-0.4, -0.2) is 57.9 Å². The fraction of sp³-hybridized carbons (Fsp3) is 0.933. The Bertz CT molecular complexity index is 942. The zero-order valence-corrected chi connectivity index (χ0v) is 23.7. The van der Waals surface area contributed by atoms with Gasteiger partial charge in [0.05, 0.1) is 30.0 Å². The summed E-state index contributed by atoms with van der Waals surface area (Å²) in [5.41, 5.74) is -3.10. The minimum absolute atomic E-state index is 0.0388. The maximum Gasteiger partial charge on any atom is 0.164 e. The van der Waals surface area contributed by atoms with Crippen molar-refractivity contribution < 1.29 is 28.9 Å². The molecular weight excluding hydrogens is 456 g/mol. The van der Waals surface area contributed by atoms with E-state index in [0.29, 0.717) is 25.7 Å². The van der Waals surface area contributed by atoms with E-state index in [0.717, 1.165) is 32.1 Å². The molecular formula is C30H48O6. The van der Waals surface area contributed by atoms with Crippen LogP contribution in [0.3, 0.4) is 0 Å². The molecule has 5 fully saturated rings. The van der Waals surface area contributed by atoms with Crippen LogP contribution in [0.15, 0.2) is 0 Å². The van der Waals surface area contributed by atoms with Crippen molar-refractivity contribution in [3.63, 3.8) is 0 Å². The Hall–Kier alpha value is -0.820. The van der Waals surface area contributed by atoms with Gasteiger partial charge in [-0.15, -0.1) is 0 Å². The third kappa shape index (κ3) is 3.42. The lowest BCUT2D eigenvalue weighted by molar-refractivity contribution is -0.254. The van der Waals surface area contributed by atoms with Crippen LogP contribution in [0.25, 0.3) is 0 Å². The molecule has 1 unspecified atom stereocenters. The van der Waals surface area contributed by atoms with Crippen molar-refractivity contribution in [1.29, 1.82) is 0 Å². The summed E-state index contributed by atoms with van der Waals surface area (Å²) in [4.78, 5) is 25.8. The van der Waals surface area contributed by atoms with Crippen molar-refractivity contribution in [3.05, 3.63) is 0 Å². The van der Waals surface area contributed by atoms with Gasteiger partial charge >= 0.3 is 0 Å². The summed E-state index contributed by atoms with van der Waals surface area (Å²) in [7, 11) is 0. The number of hydrogen-bond acceptors (Lipinski definition) is 6. The van der Waals surface area contributed by atoms with Gasteiger partial charge in [-0.1, -0.05) is 27.7 Å². The number of hydrogen-bond donors (Lipinski definition) is 1. The Morgan fingerprint density at radius 1 is 0.694 bits per heavy atom. The van der Waals surface area contributed by atoms with Crippen molar-refractivity contribution in [3.8, 4) is 0 Å². The largest absolute Gasteiger partial charge is 0.390 e. The molecule has 1 N–H and O–H groups in total. The zero-order valence-electron chi connectivity index (χ0n) is 23.7. The summed E-state index contributed by atoms with van der Waals surface area (Å²) in [6.07, 6.45) is 5.52. The lowest BCUT2D eigenvalue weighted by atomic mass is 9.55. The first-order valence-electron chi connectivity index (χ1n) is 14.3. The number of ketones is 2. The van der Waals surface area contributed by atoms with Gasteiger partial charge in [0, 0.05) is 35.5 Å². The molecule has 0 amide bonds. The second-order valence-corrected chi connectivity index (χ2v) is 14.5. The number of fused-ring (bicyclic) bond motifs is 3. The summed E-state index contributed by atoms with van der Waals surface area (Å²) in [6.45, 7) is 16.6. The maximum absolute atomic E-state index is 12.9. The highest BCUT2D eigenvalue weighted by molar-refractivity contribution is 5.87. The van der Waals surface area contributed by atoms with Gasteiger partial charge in [0.15, 0.2) is 11.6 Å². The topological polar surface area (TPSA) is 82.1 Å². The van der Waals surface area contributed by atoms with Crippen LogP contribution in [-0.2, 0) is 23.8 Å². The highest BCUT2D eigenvalue weighted by Gasteiger charge is 2.70. The molecule has 0 aromatic carbocycles. The van der Waals surface area contributed by atoms with Crippen molar-refractivity contribution in [1.82, 2.24) is 0 Å². The number of aliphatic hydroxyl groups is 1. The predicted molar refractivity (Wildman–Crippen MR) is 137 cm³/mol. The van der Waals surface area contributed by atoms with Gasteiger partial charge in [-0.3, -0.25) is 9.59 Å². The van der Waals surface area contributed by atoms with Crippen molar-refractivity contribution >= 4 is 11.6 Å². The first kappa shape index (κ1) is 26.8. The molecule has 0 radical (unpaired) electrons. The van der Waals surface area contributed by atoms with Crippen molar-refractivity contribution in [2.45, 2.75) is 154 Å². The average molecular weight is 505 g/mol. The molecule has 0 aromatic rings. The zero-order chi connectivity index (χ0) is 26.5. The molecule has 2 aliphatic carbocycles. The molecule has 6 heteroatoms. The third-order valence-electron chi connectivity index (χ3n) is 12.1. The lowest BCUT2D eigenvalue weighted by Gasteiger charge is -2.57. The first-order valence-corrected chi connectivity index (χ1v) is 14.3. The predicted octanol–water partition coefficient (Wildman–Crippen LogP) is 5.17. The Morgan fingerprint density at radius 2 is 1.22 bits per heavy atom. The number of ether oxygens (including phenoxy) is 3. The van der Waals surface area contributed by atoms with Gasteiger partial charge in [-0.05, 0) is 72.1 Å². The van der Waals surface area contributed by atoms with Gasteiger partial charge in [0.2, 0.25) is 0 Å². The SMILES string of the molecule is C[C@H]1CC[C@@H]2OC(C)(C)C(=O)CC[C@@]2(C)[C@]12CC(O)[C@@H]([C@@]1(C)CC[C@@H]3OC(C)(C)C(=O)CC[C@]31C)O2. The summed E-state index contributed by atoms with van der Waals surface area (Å²) >= 11 is 0. The molecule has 0 bridgehead atoms. The third-order valence-corrected chi connectivity index (χ3v) is 12.1. The standard InChI is InChI=1S/C30H48O6/c1-18-9-10-22-28(7,15-12-21(33)25(2,3)34-22)30(18)17-19(31)24(36-30)29(8)16-13-23-27(29,6)14-11-20(32)26(4,5)35-23/h18-19,22-24,31H,9-17H2,1-8H3/t18-,19?,22-,23-,24-,27+,28+,29+,30-/m0/s1. The van der Waals surface area contributed by atoms with E-state index in [1.54, 1.807) is 0 Å². The average Bonchev–Trinajstić information content (AvgIpc) is 3.22. The van der Waals surface area contributed by atoms with E-state index in [-0.39, 0.29) is 52.0 Å². The molecule has 0 aromatic heterocycles. The van der Waals surface area contributed by atoms with E-state index in [1.807, 2.05) is 27.7 Å². The Morgan fingerprint density at radius 3 is 1.81 bits per heavy atom. The monoisotopic (exact) mass is 504 g/mol. The molecule has 204 valence electrons. The normalized spacial score (nSPS) is 52.5. The summed E-state index contributed by atoms with van der Waals surface area (Å²) < 4.78 is 20.3.